The van der Waals surface area contributed by atoms with Gasteiger partial charge in [-0.3, -0.25) is 9.59 Å². The van der Waals surface area contributed by atoms with Crippen LogP contribution in [0.2, 0.25) is 0 Å². The van der Waals surface area contributed by atoms with Gasteiger partial charge in [-0.05, 0) is 110 Å². The molecule has 0 bridgehead atoms. The van der Waals surface area contributed by atoms with E-state index in [2.05, 4.69) is 41.5 Å². The third-order valence-corrected chi connectivity index (χ3v) is 13.1. The van der Waals surface area contributed by atoms with Gasteiger partial charge in [0.25, 0.3) is 0 Å². The molecule has 192 valence electrons. The molecule has 0 spiro atoms. The minimum absolute atomic E-state index is 0. The van der Waals surface area contributed by atoms with Crippen LogP contribution >= 0.6 is 0 Å². The van der Waals surface area contributed by atoms with Crippen molar-refractivity contribution in [3.05, 3.63) is 11.6 Å². The summed E-state index contributed by atoms with van der Waals surface area (Å²) in [5, 5.41) is 20.9. The molecule has 35 heavy (non-hydrogen) atoms. The van der Waals surface area contributed by atoms with Crippen LogP contribution in [-0.2, 0) is 9.59 Å². The number of carbonyl (C=O) groups excluding carboxylic acids is 1. The van der Waals surface area contributed by atoms with E-state index < -0.39 is 11.4 Å². The quantitative estimate of drug-likeness (QED) is 0.440. The predicted molar refractivity (Wildman–Crippen MR) is 140 cm³/mol. The van der Waals surface area contributed by atoms with Gasteiger partial charge in [-0.2, -0.15) is 0 Å². The van der Waals surface area contributed by atoms with Gasteiger partial charge in [0.1, 0.15) is 0 Å². The molecular formula is C30H47KO4. The maximum absolute atomic E-state index is 14.2. The van der Waals surface area contributed by atoms with Gasteiger partial charge in [-0.1, -0.05) is 47.1 Å². The van der Waals surface area contributed by atoms with E-state index in [1.165, 1.54) is 5.57 Å². The Hall–Kier alpha value is 0.476. The van der Waals surface area contributed by atoms with Crippen LogP contribution in [0.5, 0.6) is 0 Å². The molecule has 0 aromatic carbocycles. The molecule has 0 aliphatic heterocycles. The van der Waals surface area contributed by atoms with Gasteiger partial charge in [-0.15, -0.1) is 0 Å². The van der Waals surface area contributed by atoms with Crippen molar-refractivity contribution in [1.29, 1.82) is 0 Å². The Morgan fingerprint density at radius 3 is 2.17 bits per heavy atom. The first-order chi connectivity index (χ1) is 15.6. The molecular weight excluding hydrogens is 463 g/mol. The molecule has 5 aliphatic rings. The zero-order chi connectivity index (χ0) is 25.1. The molecule has 5 heteroatoms. The summed E-state index contributed by atoms with van der Waals surface area (Å²) in [5.74, 6) is 0.0603. The second-order valence-electron chi connectivity index (χ2n) is 14.9. The van der Waals surface area contributed by atoms with Gasteiger partial charge in [0.05, 0.1) is 11.5 Å². The Morgan fingerprint density at radius 2 is 1.54 bits per heavy atom. The zero-order valence-corrected chi connectivity index (χ0v) is 22.5. The molecule has 0 unspecified atom stereocenters. The fraction of sp³-hybridized carbons (Fsp3) is 0.867. The number of carboxylic acids is 1. The van der Waals surface area contributed by atoms with Gasteiger partial charge in [0.15, 0.2) is 5.78 Å². The van der Waals surface area contributed by atoms with Crippen LogP contribution in [0.4, 0.5) is 0 Å². The molecule has 4 fully saturated rings. The number of aliphatic hydroxyl groups excluding tert-OH is 1. The van der Waals surface area contributed by atoms with E-state index in [0.29, 0.717) is 12.3 Å². The number of carboxylic acid groups (broad SMARTS) is 1. The fourth-order valence-electron chi connectivity index (χ4n) is 10.4. The molecule has 0 heterocycles. The topological polar surface area (TPSA) is 74.6 Å². The SMILES string of the molecule is CC1(C)[C@@H](O)CC[C@]2(C)[C@H]3C(=O)C=C4[C@@H]5C[C@@](C)(C(=O)O)CC[C@]5(C)CC[C@@]4(C)[C@]3(C)CC[C@@H]12.[KH]. The third-order valence-electron chi connectivity index (χ3n) is 13.1. The van der Waals surface area contributed by atoms with Crippen molar-refractivity contribution in [3.8, 4) is 0 Å². The molecule has 5 aliphatic carbocycles. The van der Waals surface area contributed by atoms with Crippen molar-refractivity contribution in [2.45, 2.75) is 112 Å². The molecule has 4 nitrogen and oxygen atoms in total. The second-order valence-corrected chi connectivity index (χ2v) is 14.9. The molecule has 2 N–H and O–H groups in total. The maximum atomic E-state index is 14.2. The van der Waals surface area contributed by atoms with E-state index in [1.807, 2.05) is 13.0 Å². The van der Waals surface area contributed by atoms with E-state index in [-0.39, 0.29) is 102 Å². The van der Waals surface area contributed by atoms with Gasteiger partial charge in [0, 0.05) is 5.92 Å². The molecule has 0 radical (unpaired) electrons. The monoisotopic (exact) mass is 510 g/mol. The first-order valence-corrected chi connectivity index (χ1v) is 13.7. The third kappa shape index (κ3) is 3.60. The molecule has 0 aromatic rings. The molecule has 4 saturated carbocycles. The summed E-state index contributed by atoms with van der Waals surface area (Å²) < 4.78 is 0. The fourth-order valence-corrected chi connectivity index (χ4v) is 10.4. The van der Waals surface area contributed by atoms with E-state index in [4.69, 9.17) is 0 Å². The average Bonchev–Trinajstić information content (AvgIpc) is 2.73. The summed E-state index contributed by atoms with van der Waals surface area (Å²) in [5.41, 5.74) is 0.142. The van der Waals surface area contributed by atoms with Crippen LogP contribution in [0.1, 0.15) is 106 Å². The summed E-state index contributed by atoms with van der Waals surface area (Å²) in [6.07, 6.45) is 9.95. The van der Waals surface area contributed by atoms with Crippen molar-refractivity contribution < 1.29 is 19.8 Å². The van der Waals surface area contributed by atoms with Crippen molar-refractivity contribution in [3.63, 3.8) is 0 Å². The number of aliphatic carboxylic acids is 1. The van der Waals surface area contributed by atoms with Gasteiger partial charge >= 0.3 is 57.4 Å². The Kier molecular flexibility index (Phi) is 6.91. The molecule has 0 amide bonds. The Morgan fingerprint density at radius 1 is 0.914 bits per heavy atom. The summed E-state index contributed by atoms with van der Waals surface area (Å²) in [7, 11) is 0. The van der Waals surface area contributed by atoms with Crippen molar-refractivity contribution in [2.75, 3.05) is 0 Å². The van der Waals surface area contributed by atoms with Gasteiger partial charge < -0.3 is 10.2 Å². The number of hydrogen-bond donors (Lipinski definition) is 2. The van der Waals surface area contributed by atoms with E-state index >= 15 is 0 Å². The first-order valence-electron chi connectivity index (χ1n) is 13.7. The standard InChI is InChI=1S/C30H46O4.K.H/c1-25(2)21-8-11-30(7)23(28(21,5)10-9-22(25)32)20(31)16-18-19-17-27(4,24(33)34)13-12-26(19,3)14-15-29(18,30)6;;/h16,19,21-23,32H,8-15,17H2,1-7H3,(H,33,34);;/t19-,21-,22-,23+,26+,27-,28-,29+,30+;;/m0../s1. The van der Waals surface area contributed by atoms with Crippen molar-refractivity contribution >= 4 is 63.1 Å². The second kappa shape index (κ2) is 8.49. The number of rotatable bonds is 1. The average molecular weight is 511 g/mol. The number of aliphatic hydroxyl groups is 1. The van der Waals surface area contributed by atoms with Gasteiger partial charge in [-0.25, -0.2) is 0 Å². The summed E-state index contributed by atoms with van der Waals surface area (Å²) in [4.78, 5) is 26.4. The van der Waals surface area contributed by atoms with Crippen LogP contribution in [-0.4, -0.2) is 79.5 Å². The van der Waals surface area contributed by atoms with Crippen LogP contribution in [0.25, 0.3) is 0 Å². The zero-order valence-electron chi connectivity index (χ0n) is 22.5. The van der Waals surface area contributed by atoms with Crippen LogP contribution in [0, 0.1) is 50.2 Å². The summed E-state index contributed by atoms with van der Waals surface area (Å²) >= 11 is 0. The number of ketones is 1. The number of allylic oxidation sites excluding steroid dienone is 2. The molecule has 9 atom stereocenters. The Balaban J connectivity index is 0.00000289. The van der Waals surface area contributed by atoms with Gasteiger partial charge in [0.2, 0.25) is 0 Å². The predicted octanol–water partition coefficient (Wildman–Crippen LogP) is 5.76. The van der Waals surface area contributed by atoms with Crippen molar-refractivity contribution in [2.24, 2.45) is 50.2 Å². The number of carbonyl (C=O) groups is 2. The van der Waals surface area contributed by atoms with E-state index in [0.717, 1.165) is 51.4 Å². The van der Waals surface area contributed by atoms with E-state index in [9.17, 15) is 19.8 Å². The summed E-state index contributed by atoms with van der Waals surface area (Å²) in [6.45, 7) is 15.8. The number of fused-ring (bicyclic) bond motifs is 7. The first kappa shape index (κ1) is 28.5. The minimum atomic E-state index is -0.711. The molecule has 0 aromatic heterocycles. The Bertz CT molecular complexity index is 971. The molecule has 0 saturated heterocycles. The van der Waals surface area contributed by atoms with Crippen molar-refractivity contribution in [1.82, 2.24) is 0 Å². The summed E-state index contributed by atoms with van der Waals surface area (Å²) in [6, 6.07) is 0. The Labute approximate surface area is 254 Å². The number of hydrogen-bond acceptors (Lipinski definition) is 3. The van der Waals surface area contributed by atoms with Crippen LogP contribution < -0.4 is 0 Å². The molecule has 5 rings (SSSR count). The van der Waals surface area contributed by atoms with Crippen LogP contribution in [0.3, 0.4) is 0 Å². The van der Waals surface area contributed by atoms with Crippen LogP contribution in [0.15, 0.2) is 11.6 Å². The van der Waals surface area contributed by atoms with E-state index in [1.54, 1.807) is 0 Å². The normalized spacial score (nSPS) is 52.6.